The lowest BCUT2D eigenvalue weighted by Gasteiger charge is -2.60. The van der Waals surface area contributed by atoms with Crippen molar-refractivity contribution in [2.24, 2.45) is 0 Å². The van der Waals surface area contributed by atoms with Gasteiger partial charge in [0.15, 0.2) is 0 Å². The molecule has 0 aromatic carbocycles. The Morgan fingerprint density at radius 1 is 1.35 bits per heavy atom. The second kappa shape index (κ2) is 5.94. The highest BCUT2D eigenvalue weighted by Crippen LogP contribution is 2.46. The van der Waals surface area contributed by atoms with Crippen molar-refractivity contribution in [3.63, 3.8) is 0 Å². The predicted molar refractivity (Wildman–Crippen MR) is 84.2 cm³/mol. The van der Waals surface area contributed by atoms with E-state index in [2.05, 4.69) is 0 Å². The van der Waals surface area contributed by atoms with Crippen LogP contribution in [0.2, 0.25) is 0 Å². The first-order valence-corrected chi connectivity index (χ1v) is 8.15. The monoisotopic (exact) mass is 328 g/mol. The van der Waals surface area contributed by atoms with Gasteiger partial charge >= 0.3 is 12.1 Å². The van der Waals surface area contributed by atoms with Gasteiger partial charge in [0.05, 0.1) is 12.1 Å². The number of ether oxygens (including phenoxy) is 1. The molecule has 23 heavy (non-hydrogen) atoms. The van der Waals surface area contributed by atoms with Gasteiger partial charge in [0, 0.05) is 18.6 Å². The van der Waals surface area contributed by atoms with Crippen LogP contribution in [0.3, 0.4) is 0 Å². The van der Waals surface area contributed by atoms with Gasteiger partial charge in [-0.1, -0.05) is 0 Å². The fourth-order valence-corrected chi connectivity index (χ4v) is 3.87. The minimum Gasteiger partial charge on any atom is -0.480 e. The van der Waals surface area contributed by atoms with Crippen molar-refractivity contribution < 1.29 is 24.5 Å². The number of aliphatic hydroxyl groups is 1. The number of carbonyl (C=O) groups excluding carboxylic acids is 1. The Morgan fingerprint density at radius 2 is 1.96 bits per heavy atom. The molecule has 2 fully saturated rings. The molecule has 1 amide bonds. The van der Waals surface area contributed by atoms with Crippen LogP contribution in [-0.4, -0.2) is 74.5 Å². The average Bonchev–Trinajstić information content (AvgIpc) is 2.76. The van der Waals surface area contributed by atoms with Crippen LogP contribution in [-0.2, 0) is 9.53 Å². The zero-order valence-corrected chi connectivity index (χ0v) is 14.6. The van der Waals surface area contributed by atoms with Crippen LogP contribution in [0.5, 0.6) is 0 Å². The van der Waals surface area contributed by atoms with Gasteiger partial charge in [0.25, 0.3) is 0 Å². The van der Waals surface area contributed by atoms with E-state index in [0.29, 0.717) is 6.54 Å². The number of carbonyl (C=O) groups is 2. The second-order valence-electron chi connectivity index (χ2n) is 7.73. The van der Waals surface area contributed by atoms with Gasteiger partial charge in [-0.15, -0.1) is 0 Å². The molecule has 0 radical (unpaired) electrons. The molecule has 0 aromatic heterocycles. The van der Waals surface area contributed by atoms with Crippen molar-refractivity contribution >= 4 is 12.1 Å². The van der Waals surface area contributed by atoms with Crippen LogP contribution in [0.4, 0.5) is 4.79 Å². The van der Waals surface area contributed by atoms with Crippen molar-refractivity contribution in [3.8, 4) is 0 Å². The van der Waals surface area contributed by atoms with E-state index in [0.717, 1.165) is 12.8 Å². The predicted octanol–water partition coefficient (Wildman–Crippen LogP) is 1.29. The van der Waals surface area contributed by atoms with E-state index in [1.54, 1.807) is 9.80 Å². The SMILES string of the molecule is CC1CCC2(CN([C@@H](CO)C(=O)O)C2C)N1C(=O)OC(C)(C)C. The van der Waals surface area contributed by atoms with Crippen LogP contribution in [0.15, 0.2) is 0 Å². The number of aliphatic hydroxyl groups excluding tert-OH is 1. The number of nitrogens with zero attached hydrogens (tertiary/aromatic N) is 2. The maximum atomic E-state index is 12.6. The first-order valence-electron chi connectivity index (χ1n) is 8.15. The van der Waals surface area contributed by atoms with Gasteiger partial charge in [-0.25, -0.2) is 4.79 Å². The fourth-order valence-electron chi connectivity index (χ4n) is 3.87. The van der Waals surface area contributed by atoms with Crippen molar-refractivity contribution in [1.82, 2.24) is 9.80 Å². The lowest BCUT2D eigenvalue weighted by atomic mass is 9.77. The van der Waals surface area contributed by atoms with E-state index < -0.39 is 29.8 Å². The Balaban J connectivity index is 2.18. The van der Waals surface area contributed by atoms with Crippen molar-refractivity contribution in [1.29, 1.82) is 0 Å². The average molecular weight is 328 g/mol. The molecule has 1 spiro atoms. The zero-order valence-electron chi connectivity index (χ0n) is 14.6. The van der Waals surface area contributed by atoms with Gasteiger partial charge < -0.3 is 14.9 Å². The smallest absolute Gasteiger partial charge is 0.411 e. The zero-order chi connectivity index (χ0) is 17.6. The molecule has 2 aliphatic rings. The first kappa shape index (κ1) is 18.0. The number of hydrogen-bond donors (Lipinski definition) is 2. The number of rotatable bonds is 3. The number of carboxylic acid groups (broad SMARTS) is 1. The Morgan fingerprint density at radius 3 is 2.39 bits per heavy atom. The van der Waals surface area contributed by atoms with Gasteiger partial charge in [-0.3, -0.25) is 14.6 Å². The summed E-state index contributed by atoms with van der Waals surface area (Å²) in [5, 5.41) is 18.6. The van der Waals surface area contributed by atoms with Gasteiger partial charge in [0.2, 0.25) is 0 Å². The minimum atomic E-state index is -1.04. The summed E-state index contributed by atoms with van der Waals surface area (Å²) in [5.41, 5.74) is -0.966. The van der Waals surface area contributed by atoms with Crippen LogP contribution < -0.4 is 0 Å². The molecule has 0 bridgehead atoms. The summed E-state index contributed by atoms with van der Waals surface area (Å²) in [4.78, 5) is 27.4. The molecular formula is C16H28N2O5. The normalized spacial score (nSPS) is 32.7. The van der Waals surface area contributed by atoms with Gasteiger partial charge in [-0.05, 0) is 47.5 Å². The number of carboxylic acids is 1. The molecule has 7 heteroatoms. The maximum Gasteiger partial charge on any atom is 0.411 e. The molecule has 2 heterocycles. The third kappa shape index (κ3) is 3.04. The lowest BCUT2D eigenvalue weighted by molar-refractivity contribution is -0.161. The summed E-state index contributed by atoms with van der Waals surface area (Å²) in [6.45, 7) is 9.44. The van der Waals surface area contributed by atoms with E-state index >= 15 is 0 Å². The number of amides is 1. The maximum absolute atomic E-state index is 12.6. The van der Waals surface area contributed by atoms with Crippen LogP contribution in [0, 0.1) is 0 Å². The summed E-state index contributed by atoms with van der Waals surface area (Å²) in [6.07, 6.45) is 1.35. The Bertz CT molecular complexity index is 489. The van der Waals surface area contributed by atoms with E-state index in [4.69, 9.17) is 4.74 Å². The Kier molecular flexibility index (Phi) is 4.65. The molecular weight excluding hydrogens is 300 g/mol. The van der Waals surface area contributed by atoms with E-state index in [1.165, 1.54) is 0 Å². The molecule has 2 aliphatic heterocycles. The van der Waals surface area contributed by atoms with E-state index in [9.17, 15) is 19.8 Å². The topological polar surface area (TPSA) is 90.3 Å². The number of aliphatic carboxylic acids is 1. The Labute approximate surface area is 137 Å². The van der Waals surface area contributed by atoms with Crippen molar-refractivity contribution in [3.05, 3.63) is 0 Å². The highest BCUT2D eigenvalue weighted by molar-refractivity contribution is 5.75. The van der Waals surface area contributed by atoms with Crippen LogP contribution >= 0.6 is 0 Å². The molecule has 132 valence electrons. The second-order valence-corrected chi connectivity index (χ2v) is 7.73. The number of likely N-dealkylation sites (tertiary alicyclic amines) is 2. The fraction of sp³-hybridized carbons (Fsp3) is 0.875. The van der Waals surface area contributed by atoms with Crippen molar-refractivity contribution in [2.45, 2.75) is 76.7 Å². The third-order valence-corrected chi connectivity index (χ3v) is 5.10. The van der Waals surface area contributed by atoms with Crippen LogP contribution in [0.25, 0.3) is 0 Å². The standard InChI is InChI=1S/C16H28N2O5/c1-10-6-7-16(18(10)14(22)23-15(3,4)5)9-17(11(16)2)12(8-19)13(20)21/h10-12,19H,6-9H2,1-5H3,(H,20,21)/t10?,11?,12-,16?/m0/s1. The van der Waals surface area contributed by atoms with E-state index in [-0.39, 0.29) is 18.2 Å². The number of hydrogen-bond acceptors (Lipinski definition) is 5. The van der Waals surface area contributed by atoms with Gasteiger partial charge in [-0.2, -0.15) is 0 Å². The largest absolute Gasteiger partial charge is 0.480 e. The molecule has 0 aliphatic carbocycles. The molecule has 2 rings (SSSR count). The molecule has 2 N–H and O–H groups in total. The lowest BCUT2D eigenvalue weighted by Crippen LogP contribution is -2.77. The first-order chi connectivity index (χ1) is 10.5. The summed E-state index contributed by atoms with van der Waals surface area (Å²) in [7, 11) is 0. The third-order valence-electron chi connectivity index (χ3n) is 5.10. The minimum absolute atomic E-state index is 0.0619. The summed E-state index contributed by atoms with van der Waals surface area (Å²) in [5.74, 6) is -1.04. The highest BCUT2D eigenvalue weighted by atomic mass is 16.6. The summed E-state index contributed by atoms with van der Waals surface area (Å²) >= 11 is 0. The van der Waals surface area contributed by atoms with Gasteiger partial charge in [0.1, 0.15) is 11.6 Å². The van der Waals surface area contributed by atoms with E-state index in [1.807, 2.05) is 34.6 Å². The Hall–Kier alpha value is -1.34. The van der Waals surface area contributed by atoms with Crippen LogP contribution in [0.1, 0.15) is 47.5 Å². The summed E-state index contributed by atoms with van der Waals surface area (Å²) in [6, 6.07) is -0.993. The highest BCUT2D eigenvalue weighted by Gasteiger charge is 2.62. The molecule has 4 atom stereocenters. The molecule has 0 aromatic rings. The van der Waals surface area contributed by atoms with Crippen molar-refractivity contribution in [2.75, 3.05) is 13.2 Å². The summed E-state index contributed by atoms with van der Waals surface area (Å²) < 4.78 is 5.54. The molecule has 3 unspecified atom stereocenters. The molecule has 2 saturated heterocycles. The molecule has 7 nitrogen and oxygen atoms in total. The molecule has 0 saturated carbocycles. The quantitative estimate of drug-likeness (QED) is 0.811.